The molecule has 0 saturated heterocycles. The lowest BCUT2D eigenvalue weighted by molar-refractivity contribution is -0.137. The maximum Gasteiger partial charge on any atom is 0.251 e. The highest BCUT2D eigenvalue weighted by Crippen LogP contribution is 2.29. The number of amides is 2. The molecule has 43 heavy (non-hydrogen) atoms. The first-order valence-electron chi connectivity index (χ1n) is 14.2. The summed E-state index contributed by atoms with van der Waals surface area (Å²) in [7, 11) is 3.90. The highest BCUT2D eigenvalue weighted by molar-refractivity contribution is 7.99. The van der Waals surface area contributed by atoms with Crippen LogP contribution >= 0.6 is 11.8 Å². The van der Waals surface area contributed by atoms with Crippen LogP contribution in [0.15, 0.2) is 84.0 Å². The third kappa shape index (κ3) is 8.64. The number of aromatic nitrogens is 2. The Kier molecular flexibility index (Phi) is 10.5. The second-order valence-corrected chi connectivity index (χ2v) is 12.0. The number of anilines is 2. The van der Waals surface area contributed by atoms with Gasteiger partial charge in [-0.15, -0.1) is 0 Å². The highest BCUT2D eigenvalue weighted by Gasteiger charge is 2.32. The van der Waals surface area contributed by atoms with Crippen LogP contribution in [0.1, 0.15) is 53.9 Å². The lowest BCUT2D eigenvalue weighted by atomic mass is 9.97. The van der Waals surface area contributed by atoms with E-state index in [1.54, 1.807) is 17.0 Å². The molecule has 1 heterocycles. The van der Waals surface area contributed by atoms with Crippen LogP contribution in [0.4, 0.5) is 15.8 Å². The molecule has 2 amide bonds. The predicted molar refractivity (Wildman–Crippen MR) is 172 cm³/mol. The van der Waals surface area contributed by atoms with Gasteiger partial charge in [-0.2, -0.15) is 0 Å². The van der Waals surface area contributed by atoms with Crippen LogP contribution in [0, 0.1) is 19.7 Å². The van der Waals surface area contributed by atoms with Crippen LogP contribution in [0.25, 0.3) is 0 Å². The Bertz CT molecular complexity index is 1520. The monoisotopic (exact) mass is 599 g/mol. The van der Waals surface area contributed by atoms with Crippen molar-refractivity contribution in [2.45, 2.75) is 51.4 Å². The molecule has 0 aliphatic heterocycles. The Balaban J connectivity index is 1.71. The Hall–Kier alpha value is -4.24. The summed E-state index contributed by atoms with van der Waals surface area (Å²) in [6.07, 6.45) is 0. The molecule has 224 valence electrons. The zero-order valence-electron chi connectivity index (χ0n) is 25.5. The summed E-state index contributed by atoms with van der Waals surface area (Å²) < 4.78 is 13.8. The van der Waals surface area contributed by atoms with Crippen LogP contribution in [0.5, 0.6) is 0 Å². The fourth-order valence-electron chi connectivity index (χ4n) is 4.67. The number of thioether (sulfide) groups is 1. The largest absolute Gasteiger partial charge is 0.378 e. The van der Waals surface area contributed by atoms with Gasteiger partial charge in [-0.3, -0.25) is 9.59 Å². The summed E-state index contributed by atoms with van der Waals surface area (Å²) in [4.78, 5) is 40.6. The molecule has 1 N–H and O–H groups in total. The Morgan fingerprint density at radius 1 is 0.860 bits per heavy atom. The maximum absolute atomic E-state index is 14.1. The van der Waals surface area contributed by atoms with E-state index < -0.39 is 6.04 Å². The number of carbonyl (C=O) groups is 2. The van der Waals surface area contributed by atoms with Crippen LogP contribution in [0.3, 0.4) is 0 Å². The van der Waals surface area contributed by atoms with Gasteiger partial charge in [0.2, 0.25) is 5.91 Å². The topological polar surface area (TPSA) is 78.4 Å². The molecule has 0 radical (unpaired) electrons. The number of carbonyl (C=O) groups excluding carboxylic acids is 2. The van der Waals surface area contributed by atoms with E-state index in [4.69, 9.17) is 0 Å². The predicted octanol–water partition coefficient (Wildman–Crippen LogP) is 6.92. The summed E-state index contributed by atoms with van der Waals surface area (Å²) in [6, 6.07) is 22.2. The summed E-state index contributed by atoms with van der Waals surface area (Å²) in [6.45, 7) is 8.08. The van der Waals surface area contributed by atoms with E-state index >= 15 is 0 Å². The van der Waals surface area contributed by atoms with Crippen LogP contribution in [-0.2, 0) is 16.1 Å². The zero-order valence-corrected chi connectivity index (χ0v) is 26.3. The summed E-state index contributed by atoms with van der Waals surface area (Å²) in [5.74, 6) is -0.659. The molecule has 4 rings (SSSR count). The SMILES string of the molecule is Cc1cc(C)nc(SCC(=O)N(Cc2ccc(F)cc2)C(C(=O)Nc2ccc(N(C)C)cc2)c2ccc(C(C)C)cc2)n1. The standard InChI is InChI=1S/C34H38FN5O2S/c1-22(2)26-9-11-27(12-10-26)32(33(42)38-29-15-17-30(18-16-29)39(5)6)40(20-25-7-13-28(35)14-8-25)31(41)21-43-34-36-23(3)19-24(4)37-34/h7-19,22,32H,20-21H2,1-6H3,(H,38,42). The zero-order chi connectivity index (χ0) is 31.1. The van der Waals surface area contributed by atoms with Crippen molar-refractivity contribution in [2.24, 2.45) is 0 Å². The quantitative estimate of drug-likeness (QED) is 0.149. The van der Waals surface area contributed by atoms with E-state index in [0.717, 1.165) is 22.6 Å². The maximum atomic E-state index is 14.1. The molecule has 1 atom stereocenters. The van der Waals surface area contributed by atoms with E-state index in [1.165, 1.54) is 23.9 Å². The van der Waals surface area contributed by atoms with Crippen LogP contribution in [-0.4, -0.2) is 46.5 Å². The lowest BCUT2D eigenvalue weighted by Crippen LogP contribution is -2.41. The molecular weight excluding hydrogens is 561 g/mol. The molecule has 0 spiro atoms. The van der Waals surface area contributed by atoms with E-state index in [0.29, 0.717) is 27.9 Å². The number of nitrogens with one attached hydrogen (secondary N) is 1. The van der Waals surface area contributed by atoms with Crippen molar-refractivity contribution in [1.82, 2.24) is 14.9 Å². The molecule has 0 aliphatic carbocycles. The van der Waals surface area contributed by atoms with Crippen molar-refractivity contribution in [1.29, 1.82) is 0 Å². The number of hydrogen-bond donors (Lipinski definition) is 1. The van der Waals surface area contributed by atoms with Gasteiger partial charge in [-0.1, -0.05) is 62.0 Å². The molecule has 1 unspecified atom stereocenters. The third-order valence-corrected chi connectivity index (χ3v) is 7.84. The number of hydrogen-bond acceptors (Lipinski definition) is 6. The molecule has 3 aromatic carbocycles. The van der Waals surface area contributed by atoms with Gasteiger partial charge in [0.15, 0.2) is 5.16 Å². The minimum Gasteiger partial charge on any atom is -0.378 e. The number of benzene rings is 3. The van der Waals surface area contributed by atoms with E-state index in [9.17, 15) is 14.0 Å². The fourth-order valence-corrected chi connectivity index (χ4v) is 5.50. The van der Waals surface area contributed by atoms with Gasteiger partial charge in [0.25, 0.3) is 5.91 Å². The summed E-state index contributed by atoms with van der Waals surface area (Å²) in [5, 5.41) is 3.52. The third-order valence-electron chi connectivity index (χ3n) is 7.00. The van der Waals surface area contributed by atoms with Crippen molar-refractivity contribution in [3.8, 4) is 0 Å². The Morgan fingerprint density at radius 2 is 1.44 bits per heavy atom. The number of halogens is 1. The second-order valence-electron chi connectivity index (χ2n) is 11.0. The van der Waals surface area contributed by atoms with E-state index in [1.807, 2.05) is 87.4 Å². The summed E-state index contributed by atoms with van der Waals surface area (Å²) >= 11 is 1.23. The van der Waals surface area contributed by atoms with Crippen LogP contribution in [0.2, 0.25) is 0 Å². The normalized spacial score (nSPS) is 11.7. The van der Waals surface area contributed by atoms with Gasteiger partial charge < -0.3 is 15.1 Å². The molecule has 9 heteroatoms. The van der Waals surface area contributed by atoms with Crippen LogP contribution < -0.4 is 10.2 Å². The van der Waals surface area contributed by atoms with Crippen molar-refractivity contribution < 1.29 is 14.0 Å². The van der Waals surface area contributed by atoms with Crippen molar-refractivity contribution in [2.75, 3.05) is 30.1 Å². The smallest absolute Gasteiger partial charge is 0.251 e. The van der Waals surface area contributed by atoms with Crippen molar-refractivity contribution in [3.05, 3.63) is 113 Å². The molecule has 1 aromatic heterocycles. The number of nitrogens with zero attached hydrogens (tertiary/aromatic N) is 4. The highest BCUT2D eigenvalue weighted by atomic mass is 32.2. The van der Waals surface area contributed by atoms with Crippen molar-refractivity contribution >= 4 is 35.0 Å². The van der Waals surface area contributed by atoms with E-state index in [2.05, 4.69) is 29.1 Å². The molecule has 0 saturated carbocycles. The van der Waals surface area contributed by atoms with Gasteiger partial charge in [-0.05, 0) is 78.9 Å². The molecular formula is C34H38FN5O2S. The molecule has 0 fully saturated rings. The van der Waals surface area contributed by atoms with Crippen molar-refractivity contribution in [3.63, 3.8) is 0 Å². The minimum atomic E-state index is -0.951. The minimum absolute atomic E-state index is 0.0233. The molecule has 4 aromatic rings. The Labute approximate surface area is 257 Å². The van der Waals surface area contributed by atoms with Gasteiger partial charge in [0.05, 0.1) is 5.75 Å². The average Bonchev–Trinajstić information content (AvgIpc) is 2.96. The first-order chi connectivity index (χ1) is 20.5. The Morgan fingerprint density at radius 3 is 2.00 bits per heavy atom. The number of aryl methyl sites for hydroxylation is 2. The first-order valence-corrected chi connectivity index (χ1v) is 15.2. The second kappa shape index (κ2) is 14.3. The van der Waals surface area contributed by atoms with Gasteiger partial charge in [-0.25, -0.2) is 14.4 Å². The average molecular weight is 600 g/mol. The molecule has 0 aliphatic rings. The van der Waals surface area contributed by atoms with Gasteiger partial charge >= 0.3 is 0 Å². The molecule has 7 nitrogen and oxygen atoms in total. The first kappa shape index (κ1) is 31.7. The molecule has 0 bridgehead atoms. The summed E-state index contributed by atoms with van der Waals surface area (Å²) in [5.41, 5.74) is 5.75. The number of rotatable bonds is 11. The van der Waals surface area contributed by atoms with E-state index in [-0.39, 0.29) is 29.9 Å². The fraction of sp³-hybridized carbons (Fsp3) is 0.294. The van der Waals surface area contributed by atoms with Gasteiger partial charge in [0.1, 0.15) is 11.9 Å². The lowest BCUT2D eigenvalue weighted by Gasteiger charge is -2.32. The van der Waals surface area contributed by atoms with Gasteiger partial charge in [0, 0.05) is 43.4 Å².